The standard InChI is InChI=1S/C10H14N2O/c1-7-6-9(8-4-3-5-8)12-10(11-7)13-2/h6,8H,3-5H2,1-2H3. The number of hydrogen-bond acceptors (Lipinski definition) is 3. The zero-order valence-electron chi connectivity index (χ0n) is 8.08. The first-order valence-corrected chi connectivity index (χ1v) is 4.69. The van der Waals surface area contributed by atoms with Gasteiger partial charge in [0.05, 0.1) is 12.8 Å². The third-order valence-electron chi connectivity index (χ3n) is 2.56. The quantitative estimate of drug-likeness (QED) is 0.695. The van der Waals surface area contributed by atoms with E-state index in [4.69, 9.17) is 4.74 Å². The van der Waals surface area contributed by atoms with Crippen molar-refractivity contribution < 1.29 is 4.74 Å². The topological polar surface area (TPSA) is 35.0 Å². The van der Waals surface area contributed by atoms with E-state index < -0.39 is 0 Å². The van der Waals surface area contributed by atoms with Gasteiger partial charge in [0.1, 0.15) is 0 Å². The number of rotatable bonds is 2. The molecule has 0 spiro atoms. The second kappa shape index (κ2) is 3.32. The van der Waals surface area contributed by atoms with Crippen LogP contribution in [0.3, 0.4) is 0 Å². The lowest BCUT2D eigenvalue weighted by atomic mass is 9.83. The van der Waals surface area contributed by atoms with Crippen molar-refractivity contribution in [1.29, 1.82) is 0 Å². The molecule has 13 heavy (non-hydrogen) atoms. The van der Waals surface area contributed by atoms with Gasteiger partial charge < -0.3 is 4.74 Å². The summed E-state index contributed by atoms with van der Waals surface area (Å²) in [6, 6.07) is 2.56. The highest BCUT2D eigenvalue weighted by Gasteiger charge is 2.21. The molecule has 1 heterocycles. The molecule has 1 aliphatic rings. The average molecular weight is 178 g/mol. The van der Waals surface area contributed by atoms with Gasteiger partial charge in [0, 0.05) is 11.6 Å². The third kappa shape index (κ3) is 1.64. The minimum atomic E-state index is 0.502. The zero-order chi connectivity index (χ0) is 9.26. The molecule has 0 amide bonds. The number of nitrogens with zero attached hydrogens (tertiary/aromatic N) is 2. The minimum Gasteiger partial charge on any atom is -0.467 e. The van der Waals surface area contributed by atoms with Crippen molar-refractivity contribution in [1.82, 2.24) is 9.97 Å². The zero-order valence-corrected chi connectivity index (χ0v) is 8.08. The van der Waals surface area contributed by atoms with E-state index in [1.807, 2.05) is 6.92 Å². The largest absolute Gasteiger partial charge is 0.467 e. The van der Waals surface area contributed by atoms with E-state index in [0.29, 0.717) is 11.9 Å². The predicted molar refractivity (Wildman–Crippen MR) is 49.9 cm³/mol. The summed E-state index contributed by atoms with van der Waals surface area (Å²) in [5.41, 5.74) is 2.14. The highest BCUT2D eigenvalue weighted by atomic mass is 16.5. The Kier molecular flexibility index (Phi) is 2.17. The second-order valence-electron chi connectivity index (χ2n) is 3.55. The number of methoxy groups -OCH3 is 1. The Balaban J connectivity index is 2.28. The maximum atomic E-state index is 5.03. The van der Waals surface area contributed by atoms with Crippen LogP contribution in [0.1, 0.15) is 36.6 Å². The van der Waals surface area contributed by atoms with Crippen molar-refractivity contribution in [3.63, 3.8) is 0 Å². The number of ether oxygens (including phenoxy) is 1. The Morgan fingerprint density at radius 1 is 1.38 bits per heavy atom. The maximum absolute atomic E-state index is 5.03. The van der Waals surface area contributed by atoms with Crippen LogP contribution in [0.25, 0.3) is 0 Å². The molecule has 1 aliphatic carbocycles. The fourth-order valence-corrected chi connectivity index (χ4v) is 1.57. The van der Waals surface area contributed by atoms with E-state index in [0.717, 1.165) is 11.4 Å². The van der Waals surface area contributed by atoms with Crippen LogP contribution in [0.5, 0.6) is 6.01 Å². The highest BCUT2D eigenvalue weighted by molar-refractivity contribution is 5.18. The van der Waals surface area contributed by atoms with Gasteiger partial charge in [-0.1, -0.05) is 6.42 Å². The summed E-state index contributed by atoms with van der Waals surface area (Å²) in [7, 11) is 1.61. The summed E-state index contributed by atoms with van der Waals surface area (Å²) in [6.45, 7) is 1.98. The van der Waals surface area contributed by atoms with Gasteiger partial charge in [0.15, 0.2) is 0 Å². The molecule has 70 valence electrons. The molecular formula is C10H14N2O. The van der Waals surface area contributed by atoms with Crippen molar-refractivity contribution in [2.24, 2.45) is 0 Å². The minimum absolute atomic E-state index is 0.502. The number of hydrogen-bond donors (Lipinski definition) is 0. The molecule has 1 aromatic heterocycles. The van der Waals surface area contributed by atoms with Crippen LogP contribution in [0.4, 0.5) is 0 Å². The Labute approximate surface area is 78.2 Å². The van der Waals surface area contributed by atoms with Gasteiger partial charge in [-0.2, -0.15) is 4.98 Å². The molecular weight excluding hydrogens is 164 g/mol. The van der Waals surface area contributed by atoms with Crippen molar-refractivity contribution >= 4 is 0 Å². The van der Waals surface area contributed by atoms with Gasteiger partial charge >= 0.3 is 6.01 Å². The summed E-state index contributed by atoms with van der Waals surface area (Å²) < 4.78 is 5.03. The van der Waals surface area contributed by atoms with Gasteiger partial charge in [0.25, 0.3) is 0 Å². The van der Waals surface area contributed by atoms with E-state index in [2.05, 4.69) is 16.0 Å². The molecule has 3 nitrogen and oxygen atoms in total. The first kappa shape index (κ1) is 8.48. The lowest BCUT2D eigenvalue weighted by Crippen LogP contribution is -2.12. The van der Waals surface area contributed by atoms with Gasteiger partial charge in [-0.05, 0) is 25.8 Å². The van der Waals surface area contributed by atoms with Gasteiger partial charge in [0.2, 0.25) is 0 Å². The fourth-order valence-electron chi connectivity index (χ4n) is 1.57. The van der Waals surface area contributed by atoms with Crippen molar-refractivity contribution in [3.05, 3.63) is 17.5 Å². The first-order chi connectivity index (χ1) is 6.29. The highest BCUT2D eigenvalue weighted by Crippen LogP contribution is 2.35. The Morgan fingerprint density at radius 3 is 2.69 bits per heavy atom. The summed E-state index contributed by atoms with van der Waals surface area (Å²) in [5.74, 6) is 0.649. The maximum Gasteiger partial charge on any atom is 0.316 e. The van der Waals surface area contributed by atoms with Crippen LogP contribution < -0.4 is 4.74 Å². The van der Waals surface area contributed by atoms with E-state index in [9.17, 15) is 0 Å². The molecule has 2 rings (SSSR count). The average Bonchev–Trinajstić information content (AvgIpc) is 2.00. The molecule has 0 N–H and O–H groups in total. The monoisotopic (exact) mass is 178 g/mol. The first-order valence-electron chi connectivity index (χ1n) is 4.69. The molecule has 0 bridgehead atoms. The lowest BCUT2D eigenvalue weighted by Gasteiger charge is -2.24. The van der Waals surface area contributed by atoms with Gasteiger partial charge in [-0.25, -0.2) is 4.98 Å². The lowest BCUT2D eigenvalue weighted by molar-refractivity contribution is 0.363. The normalized spacial score (nSPS) is 16.8. The van der Waals surface area contributed by atoms with Crippen LogP contribution in [-0.2, 0) is 0 Å². The van der Waals surface area contributed by atoms with E-state index >= 15 is 0 Å². The molecule has 3 heteroatoms. The summed E-state index contributed by atoms with van der Waals surface area (Å²) in [5, 5.41) is 0. The van der Waals surface area contributed by atoms with Crippen LogP contribution in [0, 0.1) is 6.92 Å². The summed E-state index contributed by atoms with van der Waals surface area (Å²) in [4.78, 5) is 8.50. The van der Waals surface area contributed by atoms with Gasteiger partial charge in [-0.15, -0.1) is 0 Å². The molecule has 0 aromatic carbocycles. The predicted octanol–water partition coefficient (Wildman–Crippen LogP) is 2.06. The molecule has 0 saturated heterocycles. The number of aryl methyl sites for hydroxylation is 1. The Morgan fingerprint density at radius 2 is 2.15 bits per heavy atom. The van der Waals surface area contributed by atoms with Crippen LogP contribution in [0.15, 0.2) is 6.07 Å². The van der Waals surface area contributed by atoms with E-state index in [1.165, 1.54) is 19.3 Å². The molecule has 0 atom stereocenters. The SMILES string of the molecule is COc1nc(C)cc(C2CCC2)n1. The molecule has 1 saturated carbocycles. The Bertz CT molecular complexity index is 308. The van der Waals surface area contributed by atoms with Crippen LogP contribution in [0.2, 0.25) is 0 Å². The van der Waals surface area contributed by atoms with Crippen LogP contribution in [-0.4, -0.2) is 17.1 Å². The summed E-state index contributed by atoms with van der Waals surface area (Å²) in [6.07, 6.45) is 3.86. The number of aromatic nitrogens is 2. The van der Waals surface area contributed by atoms with E-state index in [1.54, 1.807) is 7.11 Å². The van der Waals surface area contributed by atoms with Crippen LogP contribution >= 0.6 is 0 Å². The fraction of sp³-hybridized carbons (Fsp3) is 0.600. The molecule has 1 fully saturated rings. The third-order valence-corrected chi connectivity index (χ3v) is 2.56. The molecule has 0 unspecified atom stereocenters. The smallest absolute Gasteiger partial charge is 0.316 e. The summed E-state index contributed by atoms with van der Waals surface area (Å²) >= 11 is 0. The molecule has 1 aromatic rings. The van der Waals surface area contributed by atoms with Crippen molar-refractivity contribution in [2.75, 3.05) is 7.11 Å². The Hall–Kier alpha value is -1.12. The van der Waals surface area contributed by atoms with Gasteiger partial charge in [-0.3, -0.25) is 0 Å². The van der Waals surface area contributed by atoms with Crippen molar-refractivity contribution in [2.45, 2.75) is 32.1 Å². The molecule has 0 radical (unpaired) electrons. The van der Waals surface area contributed by atoms with Crippen molar-refractivity contribution in [3.8, 4) is 6.01 Å². The van der Waals surface area contributed by atoms with E-state index in [-0.39, 0.29) is 0 Å². The second-order valence-corrected chi connectivity index (χ2v) is 3.55. The molecule has 0 aliphatic heterocycles.